The normalized spacial score (nSPS) is 19.2. The number of hydrogen-bond donors (Lipinski definition) is 2. The number of guanidine groups is 1. The molecule has 4 rings (SSSR count). The molecule has 0 bridgehead atoms. The summed E-state index contributed by atoms with van der Waals surface area (Å²) in [6.07, 6.45) is 9.51. The van der Waals surface area contributed by atoms with Crippen LogP contribution in [0.5, 0.6) is 0 Å². The number of anilines is 1. The summed E-state index contributed by atoms with van der Waals surface area (Å²) in [6.45, 7) is 6.56. The van der Waals surface area contributed by atoms with Gasteiger partial charge in [0.1, 0.15) is 17.5 Å². The third-order valence-corrected chi connectivity index (χ3v) is 6.22. The van der Waals surface area contributed by atoms with Crippen LogP contribution in [0.25, 0.3) is 0 Å². The highest BCUT2D eigenvalue weighted by Gasteiger charge is 2.25. The zero-order valence-electron chi connectivity index (χ0n) is 18.4. The van der Waals surface area contributed by atoms with Crippen LogP contribution in [0.3, 0.4) is 0 Å². The van der Waals surface area contributed by atoms with Crippen LogP contribution in [0.2, 0.25) is 5.02 Å². The average Bonchev–Trinajstić information content (AvgIpc) is 3.31. The van der Waals surface area contributed by atoms with Crippen LogP contribution >= 0.6 is 11.6 Å². The SMILES string of the molecule is CCNC(=NCCCc1nnc2n1CCCCC2)NC1CCN(c2ncccc2Cl)C1. The van der Waals surface area contributed by atoms with E-state index in [1.165, 1.54) is 19.3 Å². The minimum absolute atomic E-state index is 0.322. The Balaban J connectivity index is 1.28. The first-order valence-corrected chi connectivity index (χ1v) is 11.9. The molecule has 0 radical (unpaired) electrons. The summed E-state index contributed by atoms with van der Waals surface area (Å²) >= 11 is 6.32. The minimum Gasteiger partial charge on any atom is -0.357 e. The first-order valence-electron chi connectivity index (χ1n) is 11.6. The van der Waals surface area contributed by atoms with Crippen molar-refractivity contribution >= 4 is 23.4 Å². The summed E-state index contributed by atoms with van der Waals surface area (Å²) in [5.74, 6) is 4.01. The first kappa shape index (κ1) is 21.9. The smallest absolute Gasteiger partial charge is 0.191 e. The molecule has 2 aromatic rings. The van der Waals surface area contributed by atoms with E-state index in [-0.39, 0.29) is 0 Å². The highest BCUT2D eigenvalue weighted by Crippen LogP contribution is 2.25. The Morgan fingerprint density at radius 2 is 2.19 bits per heavy atom. The number of aromatic nitrogens is 4. The van der Waals surface area contributed by atoms with Crippen molar-refractivity contribution in [3.8, 4) is 0 Å². The van der Waals surface area contributed by atoms with Crippen LogP contribution in [0.1, 0.15) is 50.7 Å². The van der Waals surface area contributed by atoms with Gasteiger partial charge < -0.3 is 20.1 Å². The molecule has 2 N–H and O–H groups in total. The van der Waals surface area contributed by atoms with E-state index in [0.717, 1.165) is 81.8 Å². The highest BCUT2D eigenvalue weighted by atomic mass is 35.5. The van der Waals surface area contributed by atoms with Gasteiger partial charge in [0, 0.05) is 57.8 Å². The standard InChI is InChI=1S/C22H33ClN8/c1-2-24-22(27-17-11-15-30(16-17)21-18(23)8-6-12-25-21)26-13-7-10-20-29-28-19-9-4-3-5-14-31(19)20/h6,8,12,17H,2-5,7,9-11,13-16H2,1H3,(H2,24,26,27). The molecule has 1 unspecified atom stereocenters. The van der Waals surface area contributed by atoms with Crippen LogP contribution in [0, 0.1) is 0 Å². The van der Waals surface area contributed by atoms with Crippen molar-refractivity contribution in [3.63, 3.8) is 0 Å². The van der Waals surface area contributed by atoms with Gasteiger partial charge in [-0.3, -0.25) is 4.99 Å². The van der Waals surface area contributed by atoms with Crippen molar-refractivity contribution < 1.29 is 0 Å². The Morgan fingerprint density at radius 3 is 3.06 bits per heavy atom. The van der Waals surface area contributed by atoms with E-state index in [0.29, 0.717) is 11.1 Å². The Morgan fingerprint density at radius 1 is 1.26 bits per heavy atom. The van der Waals surface area contributed by atoms with Gasteiger partial charge in [0.15, 0.2) is 5.96 Å². The van der Waals surface area contributed by atoms with E-state index in [9.17, 15) is 0 Å². The third-order valence-electron chi connectivity index (χ3n) is 5.93. The second-order valence-corrected chi connectivity index (χ2v) is 8.65. The summed E-state index contributed by atoms with van der Waals surface area (Å²) in [5, 5.41) is 16.5. The summed E-state index contributed by atoms with van der Waals surface area (Å²) in [7, 11) is 0. The number of rotatable bonds is 7. The van der Waals surface area contributed by atoms with E-state index in [1.807, 2.05) is 12.1 Å². The maximum atomic E-state index is 6.32. The Kier molecular flexibility index (Phi) is 7.61. The van der Waals surface area contributed by atoms with Crippen LogP contribution < -0.4 is 15.5 Å². The Hall–Kier alpha value is -2.35. The van der Waals surface area contributed by atoms with Gasteiger partial charge >= 0.3 is 0 Å². The molecule has 0 amide bonds. The number of halogens is 1. The molecule has 0 aliphatic carbocycles. The molecule has 1 saturated heterocycles. The molecule has 0 saturated carbocycles. The molecule has 2 aromatic heterocycles. The number of pyridine rings is 1. The van der Waals surface area contributed by atoms with Gasteiger partial charge in [0.25, 0.3) is 0 Å². The van der Waals surface area contributed by atoms with Gasteiger partial charge in [-0.25, -0.2) is 4.98 Å². The minimum atomic E-state index is 0.322. The van der Waals surface area contributed by atoms with Crippen LogP contribution in [-0.4, -0.2) is 57.9 Å². The van der Waals surface area contributed by atoms with Gasteiger partial charge in [0.2, 0.25) is 0 Å². The molecule has 1 atom stereocenters. The van der Waals surface area contributed by atoms with E-state index in [1.54, 1.807) is 6.20 Å². The lowest BCUT2D eigenvalue weighted by molar-refractivity contribution is 0.596. The van der Waals surface area contributed by atoms with Gasteiger partial charge in [-0.1, -0.05) is 18.0 Å². The van der Waals surface area contributed by atoms with Crippen molar-refractivity contribution in [3.05, 3.63) is 35.0 Å². The number of fused-ring (bicyclic) bond motifs is 1. The molecule has 168 valence electrons. The monoisotopic (exact) mass is 444 g/mol. The molecule has 4 heterocycles. The molecular formula is C22H33ClN8. The Bertz CT molecular complexity index is 880. The quantitative estimate of drug-likeness (QED) is 0.388. The van der Waals surface area contributed by atoms with Crippen molar-refractivity contribution in [2.45, 2.75) is 64.5 Å². The molecule has 2 aliphatic heterocycles. The predicted octanol–water partition coefficient (Wildman–Crippen LogP) is 2.82. The van der Waals surface area contributed by atoms with Gasteiger partial charge in [-0.2, -0.15) is 0 Å². The lowest BCUT2D eigenvalue weighted by atomic mass is 10.2. The summed E-state index contributed by atoms with van der Waals surface area (Å²) in [5.41, 5.74) is 0. The maximum absolute atomic E-state index is 6.32. The summed E-state index contributed by atoms with van der Waals surface area (Å²) in [6, 6.07) is 4.08. The van der Waals surface area contributed by atoms with Gasteiger partial charge in [0.05, 0.1) is 5.02 Å². The van der Waals surface area contributed by atoms with Crippen LogP contribution in [0.15, 0.2) is 23.3 Å². The highest BCUT2D eigenvalue weighted by molar-refractivity contribution is 6.32. The molecule has 1 fully saturated rings. The van der Waals surface area contributed by atoms with E-state index < -0.39 is 0 Å². The molecular weight excluding hydrogens is 412 g/mol. The van der Waals surface area contributed by atoms with Crippen molar-refractivity contribution in [2.24, 2.45) is 4.99 Å². The second-order valence-electron chi connectivity index (χ2n) is 8.24. The van der Waals surface area contributed by atoms with Gasteiger partial charge in [-0.05, 0) is 44.7 Å². The second kappa shape index (κ2) is 10.8. The first-order chi connectivity index (χ1) is 15.2. The van der Waals surface area contributed by atoms with Gasteiger partial charge in [-0.15, -0.1) is 10.2 Å². The number of nitrogens with zero attached hydrogens (tertiary/aromatic N) is 6. The van der Waals surface area contributed by atoms with Crippen LogP contribution in [0.4, 0.5) is 5.82 Å². The zero-order chi connectivity index (χ0) is 21.5. The third kappa shape index (κ3) is 5.67. The summed E-state index contributed by atoms with van der Waals surface area (Å²) < 4.78 is 2.33. The predicted molar refractivity (Wildman–Crippen MR) is 125 cm³/mol. The number of aliphatic imine (C=N–C) groups is 1. The maximum Gasteiger partial charge on any atom is 0.191 e. The van der Waals surface area contributed by atoms with E-state index >= 15 is 0 Å². The molecule has 8 nitrogen and oxygen atoms in total. The fourth-order valence-electron chi connectivity index (χ4n) is 4.35. The lowest BCUT2D eigenvalue weighted by Crippen LogP contribution is -2.44. The number of aryl methyl sites for hydroxylation is 2. The molecule has 0 aromatic carbocycles. The summed E-state index contributed by atoms with van der Waals surface area (Å²) in [4.78, 5) is 11.5. The van der Waals surface area contributed by atoms with Crippen molar-refractivity contribution in [2.75, 3.05) is 31.1 Å². The topological polar surface area (TPSA) is 83.3 Å². The van der Waals surface area contributed by atoms with E-state index in [2.05, 4.69) is 42.2 Å². The molecule has 0 spiro atoms. The van der Waals surface area contributed by atoms with Crippen LogP contribution in [-0.2, 0) is 19.4 Å². The Labute approximate surface area is 189 Å². The van der Waals surface area contributed by atoms with Crippen molar-refractivity contribution in [1.82, 2.24) is 30.4 Å². The average molecular weight is 445 g/mol. The molecule has 9 heteroatoms. The molecule has 31 heavy (non-hydrogen) atoms. The lowest BCUT2D eigenvalue weighted by Gasteiger charge is -2.20. The largest absolute Gasteiger partial charge is 0.357 e. The number of hydrogen-bond acceptors (Lipinski definition) is 5. The number of nitrogens with one attached hydrogen (secondary N) is 2. The zero-order valence-corrected chi connectivity index (χ0v) is 19.1. The fourth-order valence-corrected chi connectivity index (χ4v) is 4.59. The fraction of sp³-hybridized carbons (Fsp3) is 0.636. The molecule has 2 aliphatic rings. The van der Waals surface area contributed by atoms with Crippen molar-refractivity contribution in [1.29, 1.82) is 0 Å². The van der Waals surface area contributed by atoms with E-state index in [4.69, 9.17) is 16.6 Å².